The fourth-order valence-electron chi connectivity index (χ4n) is 4.92. The van der Waals surface area contributed by atoms with Crippen LogP contribution in [0, 0.1) is 18.3 Å². The third-order valence-electron chi connectivity index (χ3n) is 7.07. The van der Waals surface area contributed by atoms with E-state index >= 15 is 0 Å². The van der Waals surface area contributed by atoms with Crippen molar-refractivity contribution < 1.29 is 14.7 Å². The highest BCUT2D eigenvalue weighted by Gasteiger charge is 2.26. The third kappa shape index (κ3) is 5.57. The summed E-state index contributed by atoms with van der Waals surface area (Å²) in [5.41, 5.74) is 3.89. The molecule has 0 bridgehead atoms. The Balaban J connectivity index is 1.36. The number of benzene rings is 2. The highest BCUT2D eigenvalue weighted by atomic mass is 16.3. The van der Waals surface area contributed by atoms with Crippen LogP contribution in [0.3, 0.4) is 0 Å². The largest absolute Gasteiger partial charge is 0.391 e. The van der Waals surface area contributed by atoms with Crippen LogP contribution in [0.2, 0.25) is 0 Å². The van der Waals surface area contributed by atoms with Gasteiger partial charge < -0.3 is 20.6 Å². The van der Waals surface area contributed by atoms with Crippen LogP contribution in [-0.4, -0.2) is 47.2 Å². The lowest BCUT2D eigenvalue weighted by Gasteiger charge is -2.32. The van der Waals surface area contributed by atoms with Gasteiger partial charge in [0, 0.05) is 24.3 Å². The first-order chi connectivity index (χ1) is 16.4. The van der Waals surface area contributed by atoms with Gasteiger partial charge in [-0.3, -0.25) is 4.79 Å². The second-order valence-corrected chi connectivity index (χ2v) is 9.39. The molecule has 7 heteroatoms. The van der Waals surface area contributed by atoms with Crippen LogP contribution >= 0.6 is 0 Å². The lowest BCUT2D eigenvalue weighted by atomic mass is 9.89. The zero-order valence-electron chi connectivity index (χ0n) is 19.6. The van der Waals surface area contributed by atoms with Crippen LogP contribution in [0.25, 0.3) is 0 Å². The maximum Gasteiger partial charge on any atom is 0.319 e. The average molecular weight is 461 g/mol. The van der Waals surface area contributed by atoms with E-state index in [9.17, 15) is 14.7 Å². The number of hydrogen-bond donors (Lipinski definition) is 3. The monoisotopic (exact) mass is 460 g/mol. The molecule has 2 atom stereocenters. The van der Waals surface area contributed by atoms with Crippen molar-refractivity contribution in [1.82, 2.24) is 10.2 Å². The molecular formula is C27H32N4O3. The lowest BCUT2D eigenvalue weighted by Crippen LogP contribution is -2.46. The Kier molecular flexibility index (Phi) is 7.49. The van der Waals surface area contributed by atoms with E-state index in [1.54, 1.807) is 12.1 Å². The number of aryl methyl sites for hydroxylation is 1. The number of rotatable bonds is 4. The molecule has 1 aliphatic carbocycles. The smallest absolute Gasteiger partial charge is 0.319 e. The summed E-state index contributed by atoms with van der Waals surface area (Å²) in [5, 5.41) is 24.8. The van der Waals surface area contributed by atoms with Crippen LogP contribution in [0.5, 0.6) is 0 Å². The number of nitrogens with zero attached hydrogens (tertiary/aromatic N) is 2. The number of aliphatic hydroxyl groups excluding tert-OH is 1. The summed E-state index contributed by atoms with van der Waals surface area (Å²) < 4.78 is 0. The van der Waals surface area contributed by atoms with Gasteiger partial charge in [-0.15, -0.1) is 0 Å². The number of carbonyl (C=O) groups is 2. The normalized spacial score (nSPS) is 20.9. The molecule has 3 amide bonds. The number of anilines is 1. The molecule has 0 radical (unpaired) electrons. The Morgan fingerprint density at radius 2 is 1.74 bits per heavy atom. The number of piperidine rings is 1. The molecule has 2 unspecified atom stereocenters. The summed E-state index contributed by atoms with van der Waals surface area (Å²) >= 11 is 0. The Morgan fingerprint density at radius 3 is 2.41 bits per heavy atom. The summed E-state index contributed by atoms with van der Waals surface area (Å²) in [4.78, 5) is 27.6. The minimum atomic E-state index is -0.513. The Morgan fingerprint density at radius 1 is 1.03 bits per heavy atom. The van der Waals surface area contributed by atoms with E-state index in [2.05, 4.69) is 16.7 Å². The number of aliphatic hydroxyl groups is 1. The molecule has 2 aromatic carbocycles. The van der Waals surface area contributed by atoms with Crippen molar-refractivity contribution in [3.63, 3.8) is 0 Å². The average Bonchev–Trinajstić information content (AvgIpc) is 2.86. The van der Waals surface area contributed by atoms with Crippen molar-refractivity contribution in [2.24, 2.45) is 0 Å². The quantitative estimate of drug-likeness (QED) is 0.632. The summed E-state index contributed by atoms with van der Waals surface area (Å²) in [6.45, 7) is 3.22. The summed E-state index contributed by atoms with van der Waals surface area (Å²) in [6, 6.07) is 14.6. The SMILES string of the molecule is Cc1ccc(C(=O)N2CCC(c3ccc(C#N)cc3)CC2)cc1NC(=O)NC1CCCCC1O. The van der Waals surface area contributed by atoms with Crippen LogP contribution in [0.15, 0.2) is 42.5 Å². The molecule has 0 aromatic heterocycles. The Hall–Kier alpha value is -3.37. The van der Waals surface area contributed by atoms with E-state index < -0.39 is 6.10 Å². The summed E-state index contributed by atoms with van der Waals surface area (Å²) in [6.07, 6.45) is 4.68. The maximum absolute atomic E-state index is 13.2. The molecule has 0 spiro atoms. The number of hydrogen-bond acceptors (Lipinski definition) is 4. The van der Waals surface area contributed by atoms with E-state index in [0.717, 1.165) is 37.7 Å². The van der Waals surface area contributed by atoms with Crippen molar-refractivity contribution in [3.05, 3.63) is 64.7 Å². The van der Waals surface area contributed by atoms with E-state index in [1.807, 2.05) is 42.2 Å². The number of amides is 3. The number of urea groups is 1. The van der Waals surface area contributed by atoms with Gasteiger partial charge in [0.15, 0.2) is 0 Å². The number of nitriles is 1. The molecule has 34 heavy (non-hydrogen) atoms. The van der Waals surface area contributed by atoms with E-state index in [0.29, 0.717) is 42.2 Å². The zero-order valence-corrected chi connectivity index (χ0v) is 19.6. The van der Waals surface area contributed by atoms with Gasteiger partial charge in [0.05, 0.1) is 23.8 Å². The van der Waals surface area contributed by atoms with Crippen LogP contribution in [0.4, 0.5) is 10.5 Å². The second-order valence-electron chi connectivity index (χ2n) is 9.39. The molecule has 3 N–H and O–H groups in total. The van der Waals surface area contributed by atoms with Gasteiger partial charge in [-0.1, -0.05) is 31.0 Å². The molecular weight excluding hydrogens is 428 g/mol. The van der Waals surface area contributed by atoms with Gasteiger partial charge in [0.25, 0.3) is 5.91 Å². The van der Waals surface area contributed by atoms with Gasteiger partial charge in [-0.2, -0.15) is 5.26 Å². The van der Waals surface area contributed by atoms with E-state index in [4.69, 9.17) is 5.26 Å². The standard InChI is InChI=1S/C27H32N4O3/c1-18-6-9-22(16-24(18)30-27(34)29-23-4-2-3-5-25(23)32)26(33)31-14-12-21(13-15-31)20-10-7-19(17-28)8-11-20/h6-11,16,21,23,25,32H,2-5,12-15H2,1H3,(H2,29,30,34). The highest BCUT2D eigenvalue weighted by Crippen LogP contribution is 2.29. The number of carbonyl (C=O) groups excluding carboxylic acids is 2. The third-order valence-corrected chi connectivity index (χ3v) is 7.07. The predicted octanol–water partition coefficient (Wildman–Crippen LogP) is 4.31. The summed E-state index contributed by atoms with van der Waals surface area (Å²) in [5.74, 6) is 0.343. The first-order valence-corrected chi connectivity index (χ1v) is 12.1. The first kappa shape index (κ1) is 23.8. The molecule has 178 valence electrons. The van der Waals surface area contributed by atoms with Crippen LogP contribution in [-0.2, 0) is 0 Å². The second kappa shape index (κ2) is 10.7. The van der Waals surface area contributed by atoms with Crippen molar-refractivity contribution in [3.8, 4) is 6.07 Å². The van der Waals surface area contributed by atoms with E-state index in [-0.39, 0.29) is 18.0 Å². The van der Waals surface area contributed by atoms with Crippen LogP contribution < -0.4 is 10.6 Å². The fourth-order valence-corrected chi connectivity index (χ4v) is 4.92. The van der Waals surface area contributed by atoms with Gasteiger partial charge in [-0.25, -0.2) is 4.79 Å². The molecule has 1 saturated carbocycles. The highest BCUT2D eigenvalue weighted by molar-refractivity contribution is 5.97. The topological polar surface area (TPSA) is 105 Å². The van der Waals surface area contributed by atoms with Crippen molar-refractivity contribution in [2.75, 3.05) is 18.4 Å². The predicted molar refractivity (Wildman–Crippen MR) is 131 cm³/mol. The lowest BCUT2D eigenvalue weighted by molar-refractivity contribution is 0.0713. The molecule has 1 aliphatic heterocycles. The van der Waals surface area contributed by atoms with Gasteiger partial charge in [-0.05, 0) is 73.9 Å². The summed E-state index contributed by atoms with van der Waals surface area (Å²) in [7, 11) is 0. The van der Waals surface area contributed by atoms with Gasteiger partial charge >= 0.3 is 6.03 Å². The Labute approximate surface area is 200 Å². The van der Waals surface area contributed by atoms with E-state index in [1.165, 1.54) is 5.56 Å². The number of likely N-dealkylation sites (tertiary alicyclic amines) is 1. The molecule has 4 rings (SSSR count). The van der Waals surface area contributed by atoms with Crippen molar-refractivity contribution in [1.29, 1.82) is 5.26 Å². The van der Waals surface area contributed by atoms with Gasteiger partial charge in [0.2, 0.25) is 0 Å². The van der Waals surface area contributed by atoms with Gasteiger partial charge in [0.1, 0.15) is 0 Å². The molecule has 7 nitrogen and oxygen atoms in total. The number of nitrogens with one attached hydrogen (secondary N) is 2. The molecule has 1 saturated heterocycles. The molecule has 2 aromatic rings. The Bertz CT molecular complexity index is 1070. The maximum atomic E-state index is 13.2. The zero-order chi connectivity index (χ0) is 24.1. The minimum Gasteiger partial charge on any atom is -0.391 e. The van der Waals surface area contributed by atoms with Crippen molar-refractivity contribution in [2.45, 2.75) is 63.5 Å². The molecule has 2 fully saturated rings. The fraction of sp³-hybridized carbons (Fsp3) is 0.444. The van der Waals surface area contributed by atoms with Crippen LogP contribution in [0.1, 0.15) is 71.5 Å². The van der Waals surface area contributed by atoms with Crippen molar-refractivity contribution >= 4 is 17.6 Å². The molecule has 2 aliphatic rings. The minimum absolute atomic E-state index is 0.0376. The molecule has 1 heterocycles. The first-order valence-electron chi connectivity index (χ1n) is 12.1.